The maximum atomic E-state index is 14.4. The Morgan fingerprint density at radius 2 is 1.96 bits per heavy atom. The number of H-pyrrole nitrogens is 1. The number of nitrogens with zero attached hydrogens (tertiary/aromatic N) is 4. The van der Waals surface area contributed by atoms with Crippen molar-refractivity contribution >= 4 is 28.5 Å². The molecule has 6 nitrogen and oxygen atoms in total. The van der Waals surface area contributed by atoms with Crippen LogP contribution >= 0.6 is 11.6 Å². The highest BCUT2D eigenvalue weighted by Gasteiger charge is 2.11. The summed E-state index contributed by atoms with van der Waals surface area (Å²) in [5.41, 5.74) is 2.33. The lowest BCUT2D eigenvalue weighted by atomic mass is 10.1. The van der Waals surface area contributed by atoms with E-state index in [1.54, 1.807) is 24.5 Å². The maximum absolute atomic E-state index is 14.4. The van der Waals surface area contributed by atoms with E-state index in [1.165, 1.54) is 12.4 Å². The topological polar surface area (TPSA) is 79.4 Å². The number of hydrogen-bond acceptors (Lipinski definition) is 5. The molecule has 2 N–H and O–H groups in total. The molecule has 136 valence electrons. The van der Waals surface area contributed by atoms with Gasteiger partial charge in [-0.25, -0.2) is 24.3 Å². The van der Waals surface area contributed by atoms with Crippen molar-refractivity contribution in [3.63, 3.8) is 0 Å². The van der Waals surface area contributed by atoms with Crippen LogP contribution in [0, 0.1) is 11.8 Å². The fourth-order valence-corrected chi connectivity index (χ4v) is 2.91. The fraction of sp³-hybridized carbons (Fsp3) is 0.111. The van der Waals surface area contributed by atoms with E-state index in [2.05, 4.69) is 30.2 Å². The van der Waals surface area contributed by atoms with Crippen molar-refractivity contribution in [2.45, 2.75) is 13.0 Å². The summed E-state index contributed by atoms with van der Waals surface area (Å²) in [5.74, 6) is -0.796. The molecular formula is C18H13ClF2N6. The maximum Gasteiger partial charge on any atom is 0.218 e. The van der Waals surface area contributed by atoms with Crippen LogP contribution in [0.3, 0.4) is 0 Å². The summed E-state index contributed by atoms with van der Waals surface area (Å²) in [6, 6.07) is 4.70. The van der Waals surface area contributed by atoms with Gasteiger partial charge in [0.05, 0.1) is 6.20 Å². The number of nitrogens with one attached hydrogen (secondary N) is 2. The van der Waals surface area contributed by atoms with Gasteiger partial charge in [-0.05, 0) is 17.7 Å². The molecule has 0 aromatic carbocycles. The third-order valence-electron chi connectivity index (χ3n) is 4.11. The summed E-state index contributed by atoms with van der Waals surface area (Å²) >= 11 is 5.76. The largest absolute Gasteiger partial charge is 0.366 e. The Morgan fingerprint density at radius 3 is 2.81 bits per heavy atom. The Kier molecular flexibility index (Phi) is 4.64. The number of rotatable bonds is 5. The van der Waals surface area contributed by atoms with Gasteiger partial charge in [0.1, 0.15) is 28.8 Å². The molecule has 0 aliphatic carbocycles. The van der Waals surface area contributed by atoms with Crippen LogP contribution < -0.4 is 5.32 Å². The minimum atomic E-state index is -0.598. The quantitative estimate of drug-likeness (QED) is 0.509. The lowest BCUT2D eigenvalue weighted by Gasteiger charge is -2.09. The first-order chi connectivity index (χ1) is 13.1. The molecule has 4 rings (SSSR count). The van der Waals surface area contributed by atoms with Gasteiger partial charge in [0, 0.05) is 41.9 Å². The van der Waals surface area contributed by atoms with Crippen LogP contribution in [0.25, 0.3) is 11.0 Å². The number of pyridine rings is 2. The van der Waals surface area contributed by atoms with Gasteiger partial charge in [-0.2, -0.15) is 4.39 Å². The molecular weight excluding hydrogens is 374 g/mol. The van der Waals surface area contributed by atoms with Crippen molar-refractivity contribution in [2.75, 3.05) is 5.32 Å². The third-order valence-corrected chi connectivity index (χ3v) is 4.32. The summed E-state index contributed by atoms with van der Waals surface area (Å²) in [6.07, 6.45) is 6.30. The van der Waals surface area contributed by atoms with E-state index in [0.717, 1.165) is 17.1 Å². The Labute approximate surface area is 157 Å². The molecule has 4 aromatic heterocycles. The van der Waals surface area contributed by atoms with Crippen LogP contribution in [0.15, 0.2) is 43.1 Å². The summed E-state index contributed by atoms with van der Waals surface area (Å²) in [5, 5.41) is 3.90. The average Bonchev–Trinajstić information content (AvgIpc) is 3.07. The van der Waals surface area contributed by atoms with Crippen molar-refractivity contribution in [3.05, 3.63) is 76.7 Å². The summed E-state index contributed by atoms with van der Waals surface area (Å²) in [7, 11) is 0. The van der Waals surface area contributed by atoms with Crippen LogP contribution in [-0.2, 0) is 13.0 Å². The first-order valence-electron chi connectivity index (χ1n) is 8.05. The van der Waals surface area contributed by atoms with Crippen LogP contribution in [0.5, 0.6) is 0 Å². The van der Waals surface area contributed by atoms with Crippen LogP contribution in [0.4, 0.5) is 14.6 Å². The molecule has 0 unspecified atom stereocenters. The number of aromatic amines is 1. The molecule has 4 heterocycles. The van der Waals surface area contributed by atoms with E-state index in [9.17, 15) is 8.78 Å². The number of aromatic nitrogens is 5. The summed E-state index contributed by atoms with van der Waals surface area (Å²) < 4.78 is 28.1. The molecule has 0 atom stereocenters. The summed E-state index contributed by atoms with van der Waals surface area (Å²) in [4.78, 5) is 18.7. The number of fused-ring (bicyclic) bond motifs is 1. The van der Waals surface area contributed by atoms with E-state index >= 15 is 0 Å². The molecule has 0 aliphatic heterocycles. The van der Waals surface area contributed by atoms with Gasteiger partial charge in [-0.15, -0.1) is 0 Å². The lowest BCUT2D eigenvalue weighted by molar-refractivity contribution is 0.571. The van der Waals surface area contributed by atoms with Crippen molar-refractivity contribution in [1.82, 2.24) is 24.9 Å². The molecule has 0 saturated carbocycles. The highest BCUT2D eigenvalue weighted by atomic mass is 35.5. The molecule has 9 heteroatoms. The molecule has 27 heavy (non-hydrogen) atoms. The minimum Gasteiger partial charge on any atom is -0.366 e. The van der Waals surface area contributed by atoms with Gasteiger partial charge < -0.3 is 10.3 Å². The van der Waals surface area contributed by atoms with E-state index in [4.69, 9.17) is 11.6 Å². The second-order valence-corrected chi connectivity index (χ2v) is 6.26. The van der Waals surface area contributed by atoms with Gasteiger partial charge in [-0.1, -0.05) is 17.7 Å². The minimum absolute atomic E-state index is 0.111. The normalized spacial score (nSPS) is 11.1. The van der Waals surface area contributed by atoms with Crippen LogP contribution in [-0.4, -0.2) is 24.9 Å². The monoisotopic (exact) mass is 386 g/mol. The zero-order valence-electron chi connectivity index (χ0n) is 13.9. The number of hydrogen-bond donors (Lipinski definition) is 2. The second-order valence-electron chi connectivity index (χ2n) is 5.87. The summed E-state index contributed by atoms with van der Waals surface area (Å²) in [6.45, 7) is 0.111. The van der Waals surface area contributed by atoms with Crippen LogP contribution in [0.2, 0.25) is 5.15 Å². The fourth-order valence-electron chi connectivity index (χ4n) is 2.73. The zero-order chi connectivity index (χ0) is 18.8. The predicted octanol–water partition coefficient (Wildman–Crippen LogP) is 3.88. The molecule has 0 aliphatic rings. The van der Waals surface area contributed by atoms with E-state index in [0.29, 0.717) is 29.0 Å². The SMILES string of the molecule is Fc1cnc(Cl)cc1CNc1ccc(Cc2c[nH]c3ncncc23)c(F)n1. The Hall–Kier alpha value is -3.13. The number of halogens is 3. The van der Waals surface area contributed by atoms with E-state index in [1.807, 2.05) is 0 Å². The smallest absolute Gasteiger partial charge is 0.218 e. The first kappa shape index (κ1) is 17.3. The van der Waals surface area contributed by atoms with Crippen molar-refractivity contribution in [3.8, 4) is 0 Å². The standard InChI is InChI=1S/C18H13ClF2N6/c19-15-4-12(14(20)8-23-15)6-24-16-2-1-10(17(21)27-16)3-11-5-25-18-13(11)7-22-9-26-18/h1-2,4-5,7-9H,3,6H2,(H,24,27)(H,22,25,26). The highest BCUT2D eigenvalue weighted by Crippen LogP contribution is 2.21. The molecule has 4 aromatic rings. The van der Waals surface area contributed by atoms with Gasteiger partial charge in [0.25, 0.3) is 0 Å². The Morgan fingerprint density at radius 1 is 1.07 bits per heavy atom. The van der Waals surface area contributed by atoms with Gasteiger partial charge >= 0.3 is 0 Å². The number of anilines is 1. The van der Waals surface area contributed by atoms with Gasteiger partial charge in [0.2, 0.25) is 5.95 Å². The molecule has 0 spiro atoms. The van der Waals surface area contributed by atoms with E-state index < -0.39 is 11.8 Å². The average molecular weight is 387 g/mol. The Bertz CT molecular complexity index is 1110. The van der Waals surface area contributed by atoms with Crippen molar-refractivity contribution < 1.29 is 8.78 Å². The van der Waals surface area contributed by atoms with E-state index in [-0.39, 0.29) is 11.7 Å². The molecule has 0 bridgehead atoms. The van der Waals surface area contributed by atoms with Crippen molar-refractivity contribution in [2.24, 2.45) is 0 Å². The van der Waals surface area contributed by atoms with Crippen molar-refractivity contribution in [1.29, 1.82) is 0 Å². The molecule has 0 fully saturated rings. The van der Waals surface area contributed by atoms with Gasteiger partial charge in [0.15, 0.2) is 0 Å². The third kappa shape index (κ3) is 3.70. The van der Waals surface area contributed by atoms with Gasteiger partial charge in [-0.3, -0.25) is 0 Å². The highest BCUT2D eigenvalue weighted by molar-refractivity contribution is 6.29. The molecule has 0 amide bonds. The zero-order valence-corrected chi connectivity index (χ0v) is 14.6. The second kappa shape index (κ2) is 7.24. The molecule has 0 radical (unpaired) electrons. The molecule has 0 saturated heterocycles. The van der Waals surface area contributed by atoms with Crippen LogP contribution in [0.1, 0.15) is 16.7 Å². The Balaban J connectivity index is 1.50. The predicted molar refractivity (Wildman–Crippen MR) is 97.4 cm³/mol. The lowest BCUT2D eigenvalue weighted by Crippen LogP contribution is -2.06. The first-order valence-corrected chi connectivity index (χ1v) is 8.43.